The van der Waals surface area contributed by atoms with Crippen LogP contribution in [0.1, 0.15) is 58.1 Å². The highest BCUT2D eigenvalue weighted by molar-refractivity contribution is 5.79. The van der Waals surface area contributed by atoms with Crippen LogP contribution in [0, 0.1) is 17.2 Å². The van der Waals surface area contributed by atoms with Crippen LogP contribution in [0.15, 0.2) is 36.3 Å². The second kappa shape index (κ2) is 11.9. The number of imidazole rings is 1. The number of allylic oxidation sites excluding steroid dienone is 4. The minimum atomic E-state index is 0.226. The minimum Gasteiger partial charge on any atom is -0.338 e. The van der Waals surface area contributed by atoms with Gasteiger partial charge in [-0.1, -0.05) is 32.4 Å². The van der Waals surface area contributed by atoms with Gasteiger partial charge in [0.15, 0.2) is 0 Å². The molecule has 1 amide bonds. The number of carbonyl (C=O) groups excluding carboxylic acids is 1. The number of likely N-dealkylation sites (tertiary alicyclic amines) is 2. The molecule has 0 spiro atoms. The van der Waals surface area contributed by atoms with Gasteiger partial charge < -0.3 is 14.4 Å². The van der Waals surface area contributed by atoms with E-state index < -0.39 is 0 Å². The largest absolute Gasteiger partial charge is 0.338 e. The fourth-order valence-electron chi connectivity index (χ4n) is 4.81. The van der Waals surface area contributed by atoms with Gasteiger partial charge in [-0.15, -0.1) is 0 Å². The van der Waals surface area contributed by atoms with E-state index in [9.17, 15) is 4.79 Å². The third kappa shape index (κ3) is 6.54. The molecule has 2 atom stereocenters. The van der Waals surface area contributed by atoms with Crippen molar-refractivity contribution in [1.82, 2.24) is 19.4 Å². The number of rotatable bonds is 10. The Balaban J connectivity index is 1.51. The van der Waals surface area contributed by atoms with E-state index in [2.05, 4.69) is 32.3 Å². The van der Waals surface area contributed by atoms with Gasteiger partial charge in [0.2, 0.25) is 5.91 Å². The number of carbonyl (C=O) groups is 1. The second-order valence-corrected chi connectivity index (χ2v) is 8.83. The second-order valence-electron chi connectivity index (χ2n) is 8.83. The van der Waals surface area contributed by atoms with Crippen LogP contribution in [0.4, 0.5) is 0 Å². The van der Waals surface area contributed by atoms with Crippen molar-refractivity contribution in [2.45, 2.75) is 71.4 Å². The number of aromatic nitrogens is 2. The molecule has 2 fully saturated rings. The number of nitriles is 1. The van der Waals surface area contributed by atoms with E-state index in [0.717, 1.165) is 56.9 Å². The van der Waals surface area contributed by atoms with Crippen LogP contribution in [-0.2, 0) is 17.8 Å². The smallest absolute Gasteiger partial charge is 0.228 e. The Morgan fingerprint density at radius 1 is 1.32 bits per heavy atom. The highest BCUT2D eigenvalue weighted by Crippen LogP contribution is 2.24. The van der Waals surface area contributed by atoms with Crippen LogP contribution in [0.3, 0.4) is 0 Å². The summed E-state index contributed by atoms with van der Waals surface area (Å²) in [6.07, 6.45) is 16.3. The maximum atomic E-state index is 13.1. The number of hydrogen-bond acceptors (Lipinski definition) is 4. The molecular formula is C25H37N5O. The fourth-order valence-corrected chi connectivity index (χ4v) is 4.81. The Morgan fingerprint density at radius 2 is 2.19 bits per heavy atom. The number of nitrogens with zero attached hydrogens (tertiary/aromatic N) is 5. The van der Waals surface area contributed by atoms with E-state index in [0.29, 0.717) is 18.0 Å². The highest BCUT2D eigenvalue weighted by Gasteiger charge is 2.32. The molecular weight excluding hydrogens is 386 g/mol. The summed E-state index contributed by atoms with van der Waals surface area (Å²) in [7, 11) is 0. The molecule has 0 radical (unpaired) electrons. The monoisotopic (exact) mass is 423 g/mol. The first kappa shape index (κ1) is 23.3. The molecule has 0 bridgehead atoms. The van der Waals surface area contributed by atoms with E-state index >= 15 is 0 Å². The molecule has 31 heavy (non-hydrogen) atoms. The molecule has 3 rings (SSSR count). The van der Waals surface area contributed by atoms with Crippen molar-refractivity contribution >= 4 is 5.91 Å². The molecule has 1 aromatic heterocycles. The molecule has 2 aliphatic heterocycles. The molecule has 2 saturated heterocycles. The topological polar surface area (TPSA) is 65.2 Å². The van der Waals surface area contributed by atoms with Crippen LogP contribution in [0.5, 0.6) is 0 Å². The molecule has 6 nitrogen and oxygen atoms in total. The first-order valence-electron chi connectivity index (χ1n) is 11.9. The maximum Gasteiger partial charge on any atom is 0.228 e. The predicted octanol–water partition coefficient (Wildman–Crippen LogP) is 3.95. The van der Waals surface area contributed by atoms with Crippen molar-refractivity contribution in [3.63, 3.8) is 0 Å². The van der Waals surface area contributed by atoms with E-state index in [1.165, 1.54) is 25.9 Å². The summed E-state index contributed by atoms with van der Waals surface area (Å²) >= 11 is 0. The van der Waals surface area contributed by atoms with Gasteiger partial charge in [0, 0.05) is 49.7 Å². The van der Waals surface area contributed by atoms with E-state index in [-0.39, 0.29) is 5.91 Å². The first-order valence-corrected chi connectivity index (χ1v) is 11.9. The molecule has 0 saturated carbocycles. The lowest BCUT2D eigenvalue weighted by Crippen LogP contribution is -2.43. The molecule has 0 aliphatic carbocycles. The minimum absolute atomic E-state index is 0.226. The summed E-state index contributed by atoms with van der Waals surface area (Å²) in [6.45, 7) is 9.35. The molecule has 0 N–H and O–H groups in total. The molecule has 168 valence electrons. The molecule has 3 heterocycles. The maximum absolute atomic E-state index is 13.1. The van der Waals surface area contributed by atoms with E-state index in [1.54, 1.807) is 6.33 Å². The fraction of sp³-hybridized carbons (Fsp3) is 0.640. The summed E-state index contributed by atoms with van der Waals surface area (Å²) in [4.78, 5) is 22.1. The lowest BCUT2D eigenvalue weighted by atomic mass is 10.1. The standard InChI is InChI=1S/C25H37N5O/c1-3-8-22(16-26)9-5-6-12-29-20-27-17-24(29)15-25(31)30-13-7-10-23(30)19-28-14-11-21(4-2)18-28/h5,8-9,17,20-21,23H,3-4,6-7,10-15,18-19H2,1-2H3/b9-5-,22-8+/t21?,23-/m0/s1. The SMILES string of the molecule is CC/C=C(C#N)\C=C/CCn1cncc1CC(=O)N1CCC[C@H]1CN1CCC(CC)C1. The Morgan fingerprint density at radius 3 is 2.94 bits per heavy atom. The van der Waals surface area contributed by atoms with E-state index in [1.807, 2.05) is 31.3 Å². The average Bonchev–Trinajstić information content (AvgIpc) is 3.52. The summed E-state index contributed by atoms with van der Waals surface area (Å²) in [5, 5.41) is 9.09. The van der Waals surface area contributed by atoms with Gasteiger partial charge in [-0.2, -0.15) is 5.26 Å². The molecule has 1 unspecified atom stereocenters. The lowest BCUT2D eigenvalue weighted by molar-refractivity contribution is -0.131. The average molecular weight is 424 g/mol. The normalized spacial score (nSPS) is 22.5. The van der Waals surface area contributed by atoms with Gasteiger partial charge in [0.1, 0.15) is 0 Å². The zero-order valence-corrected chi connectivity index (χ0v) is 19.2. The lowest BCUT2D eigenvalue weighted by Gasteiger charge is -2.29. The van der Waals surface area contributed by atoms with Gasteiger partial charge in [0.25, 0.3) is 0 Å². The van der Waals surface area contributed by atoms with E-state index in [4.69, 9.17) is 5.26 Å². The summed E-state index contributed by atoms with van der Waals surface area (Å²) in [6, 6.07) is 2.56. The Hall–Kier alpha value is -2.39. The molecule has 0 aromatic carbocycles. The van der Waals surface area contributed by atoms with Crippen molar-refractivity contribution in [1.29, 1.82) is 5.26 Å². The van der Waals surface area contributed by atoms with Crippen molar-refractivity contribution in [3.05, 3.63) is 42.0 Å². The summed E-state index contributed by atoms with van der Waals surface area (Å²) < 4.78 is 2.06. The summed E-state index contributed by atoms with van der Waals surface area (Å²) in [5.74, 6) is 1.05. The van der Waals surface area contributed by atoms with Crippen LogP contribution in [0.2, 0.25) is 0 Å². The summed E-state index contributed by atoms with van der Waals surface area (Å²) in [5.41, 5.74) is 1.67. The van der Waals surface area contributed by atoms with Crippen LogP contribution >= 0.6 is 0 Å². The predicted molar refractivity (Wildman–Crippen MR) is 123 cm³/mol. The Kier molecular flexibility index (Phi) is 8.90. The van der Waals surface area contributed by atoms with Crippen molar-refractivity contribution in [2.24, 2.45) is 5.92 Å². The molecule has 1 aromatic rings. The third-order valence-electron chi connectivity index (χ3n) is 6.63. The van der Waals surface area contributed by atoms with Gasteiger partial charge in [0.05, 0.1) is 18.8 Å². The quantitative estimate of drug-likeness (QED) is 0.422. The first-order chi connectivity index (χ1) is 15.1. The van der Waals surface area contributed by atoms with Gasteiger partial charge in [-0.25, -0.2) is 4.98 Å². The van der Waals surface area contributed by atoms with Gasteiger partial charge >= 0.3 is 0 Å². The van der Waals surface area contributed by atoms with Crippen molar-refractivity contribution < 1.29 is 4.79 Å². The van der Waals surface area contributed by atoms with Crippen molar-refractivity contribution in [3.8, 4) is 6.07 Å². The van der Waals surface area contributed by atoms with Crippen LogP contribution in [-0.4, -0.2) is 57.5 Å². The third-order valence-corrected chi connectivity index (χ3v) is 6.63. The van der Waals surface area contributed by atoms with Gasteiger partial charge in [-0.3, -0.25) is 4.79 Å². The number of hydrogen-bond donors (Lipinski definition) is 0. The van der Waals surface area contributed by atoms with Gasteiger partial charge in [-0.05, 0) is 50.6 Å². The number of aryl methyl sites for hydroxylation is 1. The zero-order chi connectivity index (χ0) is 22.1. The Bertz CT molecular complexity index is 818. The molecule has 2 aliphatic rings. The number of amides is 1. The zero-order valence-electron chi connectivity index (χ0n) is 19.2. The van der Waals surface area contributed by atoms with Crippen LogP contribution < -0.4 is 0 Å². The van der Waals surface area contributed by atoms with Crippen LogP contribution in [0.25, 0.3) is 0 Å². The highest BCUT2D eigenvalue weighted by atomic mass is 16.2. The molecule has 6 heteroatoms. The van der Waals surface area contributed by atoms with Crippen molar-refractivity contribution in [2.75, 3.05) is 26.2 Å². The Labute approximate surface area is 187 Å².